The highest BCUT2D eigenvalue weighted by Crippen LogP contribution is 2.32. The molecule has 5 heteroatoms. The van der Waals surface area contributed by atoms with E-state index < -0.39 is 0 Å². The number of fused-ring (bicyclic) bond motifs is 2. The number of aryl methyl sites for hydroxylation is 1. The Morgan fingerprint density at radius 2 is 2.00 bits per heavy atom. The van der Waals surface area contributed by atoms with Crippen molar-refractivity contribution in [3.63, 3.8) is 0 Å². The smallest absolute Gasteiger partial charge is 0.293 e. The van der Waals surface area contributed by atoms with Crippen molar-refractivity contribution in [2.45, 2.75) is 51.2 Å². The summed E-state index contributed by atoms with van der Waals surface area (Å²) in [5.41, 5.74) is 0.0152. The molecule has 0 aromatic carbocycles. The predicted molar refractivity (Wildman–Crippen MR) is 80.1 cm³/mol. The standard InChI is InChI=1S/C15H24N4O/c1-11(2)19-12-4-5-13(19)10-18(8-6-12)14-15(20)17(3)9-7-16-14/h7,9,11-13H,4-6,8,10H2,1-3H3. The molecule has 20 heavy (non-hydrogen) atoms. The van der Waals surface area contributed by atoms with E-state index in [1.807, 2.05) is 0 Å². The van der Waals surface area contributed by atoms with Crippen LogP contribution >= 0.6 is 0 Å². The summed E-state index contributed by atoms with van der Waals surface area (Å²) < 4.78 is 1.62. The maximum Gasteiger partial charge on any atom is 0.293 e. The predicted octanol–water partition coefficient (Wildman–Crippen LogP) is 1.23. The number of anilines is 1. The van der Waals surface area contributed by atoms with Crippen molar-refractivity contribution in [2.24, 2.45) is 7.05 Å². The van der Waals surface area contributed by atoms with Crippen LogP contribution in [-0.4, -0.2) is 45.7 Å². The molecule has 2 saturated heterocycles. The Bertz CT molecular complexity index is 539. The molecule has 2 atom stereocenters. The molecular weight excluding hydrogens is 252 g/mol. The van der Waals surface area contributed by atoms with Gasteiger partial charge in [-0.05, 0) is 33.1 Å². The average Bonchev–Trinajstić information content (AvgIpc) is 2.69. The van der Waals surface area contributed by atoms with E-state index in [1.54, 1.807) is 24.0 Å². The summed E-state index contributed by atoms with van der Waals surface area (Å²) in [6.45, 7) is 6.43. The molecule has 3 rings (SSSR count). The Hall–Kier alpha value is -1.36. The molecule has 3 heterocycles. The first-order valence-corrected chi connectivity index (χ1v) is 7.62. The highest BCUT2D eigenvalue weighted by Gasteiger charge is 2.39. The van der Waals surface area contributed by atoms with Gasteiger partial charge in [-0.25, -0.2) is 4.98 Å². The van der Waals surface area contributed by atoms with Crippen LogP contribution in [0.25, 0.3) is 0 Å². The molecule has 2 aliphatic heterocycles. The summed E-state index contributed by atoms with van der Waals surface area (Å²) >= 11 is 0. The quantitative estimate of drug-likeness (QED) is 0.815. The van der Waals surface area contributed by atoms with Gasteiger partial charge in [-0.3, -0.25) is 9.69 Å². The second-order valence-electron chi connectivity index (χ2n) is 6.33. The zero-order valence-electron chi connectivity index (χ0n) is 12.6. The summed E-state index contributed by atoms with van der Waals surface area (Å²) in [7, 11) is 1.79. The van der Waals surface area contributed by atoms with E-state index in [1.165, 1.54) is 12.8 Å². The minimum Gasteiger partial charge on any atom is -0.350 e. The lowest BCUT2D eigenvalue weighted by Crippen LogP contribution is -2.44. The monoisotopic (exact) mass is 276 g/mol. The van der Waals surface area contributed by atoms with E-state index in [0.717, 1.165) is 19.5 Å². The number of rotatable bonds is 2. The van der Waals surface area contributed by atoms with Crippen LogP contribution < -0.4 is 10.5 Å². The van der Waals surface area contributed by atoms with Crippen LogP contribution in [-0.2, 0) is 7.05 Å². The van der Waals surface area contributed by atoms with Gasteiger partial charge in [-0.15, -0.1) is 0 Å². The molecule has 0 radical (unpaired) electrons. The van der Waals surface area contributed by atoms with Gasteiger partial charge in [-0.1, -0.05) is 0 Å². The van der Waals surface area contributed by atoms with Crippen molar-refractivity contribution in [1.82, 2.24) is 14.5 Å². The first-order valence-electron chi connectivity index (χ1n) is 7.62. The number of aromatic nitrogens is 2. The van der Waals surface area contributed by atoms with Crippen LogP contribution in [0.15, 0.2) is 17.2 Å². The lowest BCUT2D eigenvalue weighted by Gasteiger charge is -2.32. The van der Waals surface area contributed by atoms with E-state index in [4.69, 9.17) is 0 Å². The van der Waals surface area contributed by atoms with E-state index in [9.17, 15) is 4.79 Å². The SMILES string of the molecule is CC(C)N1C2CCC1CN(c1nccn(C)c1=O)CC2. The summed E-state index contributed by atoms with van der Waals surface area (Å²) in [5, 5.41) is 0. The van der Waals surface area contributed by atoms with Gasteiger partial charge < -0.3 is 9.47 Å². The van der Waals surface area contributed by atoms with E-state index >= 15 is 0 Å². The fourth-order valence-electron chi connectivity index (χ4n) is 3.85. The zero-order valence-corrected chi connectivity index (χ0v) is 12.6. The first-order chi connectivity index (χ1) is 9.58. The van der Waals surface area contributed by atoms with Crippen molar-refractivity contribution >= 4 is 5.82 Å². The van der Waals surface area contributed by atoms with E-state index in [2.05, 4.69) is 28.6 Å². The van der Waals surface area contributed by atoms with Crippen molar-refractivity contribution in [2.75, 3.05) is 18.0 Å². The molecule has 1 aromatic heterocycles. The normalized spacial score (nSPS) is 27.1. The Balaban J connectivity index is 1.87. The van der Waals surface area contributed by atoms with E-state index in [0.29, 0.717) is 23.9 Å². The molecule has 0 spiro atoms. The summed E-state index contributed by atoms with van der Waals surface area (Å²) in [5.74, 6) is 0.617. The van der Waals surface area contributed by atoms with Gasteiger partial charge in [0.05, 0.1) is 0 Å². The van der Waals surface area contributed by atoms with Crippen molar-refractivity contribution in [3.8, 4) is 0 Å². The van der Waals surface area contributed by atoms with Crippen molar-refractivity contribution < 1.29 is 0 Å². The zero-order chi connectivity index (χ0) is 14.3. The van der Waals surface area contributed by atoms with Gasteiger partial charge in [0, 0.05) is 50.7 Å². The molecule has 5 nitrogen and oxygen atoms in total. The minimum absolute atomic E-state index is 0.0152. The Morgan fingerprint density at radius 3 is 2.75 bits per heavy atom. The fourth-order valence-corrected chi connectivity index (χ4v) is 3.85. The largest absolute Gasteiger partial charge is 0.350 e. The van der Waals surface area contributed by atoms with Crippen LogP contribution in [0.5, 0.6) is 0 Å². The van der Waals surface area contributed by atoms with Crippen LogP contribution in [0, 0.1) is 0 Å². The third-order valence-corrected chi connectivity index (χ3v) is 4.73. The maximum absolute atomic E-state index is 12.2. The third kappa shape index (κ3) is 2.24. The minimum atomic E-state index is 0.0152. The molecule has 2 fully saturated rings. The molecule has 2 bridgehead atoms. The Labute approximate surface area is 120 Å². The second kappa shape index (κ2) is 5.20. The van der Waals surface area contributed by atoms with Gasteiger partial charge in [0.15, 0.2) is 5.82 Å². The number of nitrogens with zero attached hydrogens (tertiary/aromatic N) is 4. The van der Waals surface area contributed by atoms with Gasteiger partial charge in [-0.2, -0.15) is 0 Å². The summed E-state index contributed by atoms with van der Waals surface area (Å²) in [6.07, 6.45) is 7.12. The average molecular weight is 276 g/mol. The van der Waals surface area contributed by atoms with Gasteiger partial charge in [0.2, 0.25) is 0 Å². The topological polar surface area (TPSA) is 41.4 Å². The van der Waals surface area contributed by atoms with Crippen LogP contribution in [0.4, 0.5) is 5.82 Å². The Morgan fingerprint density at radius 1 is 1.25 bits per heavy atom. The highest BCUT2D eigenvalue weighted by molar-refractivity contribution is 5.36. The van der Waals surface area contributed by atoms with Crippen molar-refractivity contribution in [1.29, 1.82) is 0 Å². The third-order valence-electron chi connectivity index (χ3n) is 4.73. The fraction of sp³-hybridized carbons (Fsp3) is 0.733. The second-order valence-corrected chi connectivity index (χ2v) is 6.33. The molecule has 2 aliphatic rings. The van der Waals surface area contributed by atoms with Crippen molar-refractivity contribution in [3.05, 3.63) is 22.7 Å². The molecule has 0 aliphatic carbocycles. The molecule has 0 N–H and O–H groups in total. The van der Waals surface area contributed by atoms with Gasteiger partial charge in [0.1, 0.15) is 0 Å². The molecule has 0 amide bonds. The molecule has 2 unspecified atom stereocenters. The maximum atomic E-state index is 12.2. The summed E-state index contributed by atoms with van der Waals surface area (Å²) in [4.78, 5) is 21.4. The van der Waals surface area contributed by atoms with Crippen LogP contribution in [0.3, 0.4) is 0 Å². The highest BCUT2D eigenvalue weighted by atomic mass is 16.1. The first kappa shape index (κ1) is 13.6. The van der Waals surface area contributed by atoms with Crippen LogP contribution in [0.2, 0.25) is 0 Å². The lowest BCUT2D eigenvalue weighted by molar-refractivity contribution is 0.158. The van der Waals surface area contributed by atoms with Gasteiger partial charge in [0.25, 0.3) is 5.56 Å². The lowest BCUT2D eigenvalue weighted by atomic mass is 10.1. The van der Waals surface area contributed by atoms with Crippen LogP contribution in [0.1, 0.15) is 33.1 Å². The Kier molecular flexibility index (Phi) is 3.54. The number of hydrogen-bond acceptors (Lipinski definition) is 4. The van der Waals surface area contributed by atoms with E-state index in [-0.39, 0.29) is 5.56 Å². The number of hydrogen-bond donors (Lipinski definition) is 0. The molecular formula is C15H24N4O. The molecule has 1 aromatic rings. The summed E-state index contributed by atoms with van der Waals surface area (Å²) in [6, 6.07) is 1.82. The molecule has 110 valence electrons. The molecule has 0 saturated carbocycles. The van der Waals surface area contributed by atoms with Gasteiger partial charge >= 0.3 is 0 Å².